The number of nitrogens with zero attached hydrogens (tertiary/aromatic N) is 2. The van der Waals surface area contributed by atoms with E-state index in [9.17, 15) is 32.0 Å². The first kappa shape index (κ1) is 40.2. The van der Waals surface area contributed by atoms with Crippen LogP contribution in [0.4, 0.5) is 9.18 Å². The third-order valence-corrected chi connectivity index (χ3v) is 13.2. The summed E-state index contributed by atoms with van der Waals surface area (Å²) in [6.45, 7) is 7.90. The second-order valence-electron chi connectivity index (χ2n) is 16.7. The van der Waals surface area contributed by atoms with Crippen molar-refractivity contribution in [2.24, 2.45) is 17.8 Å². The molecular weight excluding hydrogens is 734 g/mol. The van der Waals surface area contributed by atoms with Gasteiger partial charge in [-0.2, -0.15) is 0 Å². The number of rotatable bonds is 8. The van der Waals surface area contributed by atoms with Crippen molar-refractivity contribution in [2.75, 3.05) is 20.3 Å². The Labute approximate surface area is 321 Å². The lowest BCUT2D eigenvalue weighted by Crippen LogP contribution is -2.59. The number of halogens is 1. The normalized spacial score (nSPS) is 29.5. The number of carbonyl (C=O) groups is 4. The van der Waals surface area contributed by atoms with Crippen LogP contribution in [0.1, 0.15) is 79.6 Å². The summed E-state index contributed by atoms with van der Waals surface area (Å²) in [4.78, 5) is 62.0. The molecular formula is C39H52FN5O9S. The van der Waals surface area contributed by atoms with Crippen LogP contribution in [0.15, 0.2) is 42.6 Å². The van der Waals surface area contributed by atoms with Gasteiger partial charge in [-0.15, -0.1) is 0 Å². The lowest BCUT2D eigenvalue weighted by Gasteiger charge is -2.33. The average molecular weight is 786 g/mol. The van der Waals surface area contributed by atoms with Crippen molar-refractivity contribution in [1.29, 1.82) is 0 Å². The largest absolute Gasteiger partial charge is 0.497 e. The summed E-state index contributed by atoms with van der Waals surface area (Å²) in [5.74, 6) is -1.93. The van der Waals surface area contributed by atoms with Crippen LogP contribution in [-0.2, 0) is 29.1 Å². The van der Waals surface area contributed by atoms with Crippen molar-refractivity contribution in [2.45, 2.75) is 114 Å². The average Bonchev–Trinajstić information content (AvgIpc) is 4.02. The second-order valence-corrected chi connectivity index (χ2v) is 18.8. The number of alkyl carbamates (subject to hydrolysis) is 1. The van der Waals surface area contributed by atoms with E-state index in [2.05, 4.69) is 27.3 Å². The van der Waals surface area contributed by atoms with Crippen LogP contribution >= 0.6 is 0 Å². The van der Waals surface area contributed by atoms with Crippen LogP contribution < -0.4 is 24.8 Å². The van der Waals surface area contributed by atoms with Gasteiger partial charge in [0.05, 0.1) is 25.4 Å². The number of amides is 4. The fraction of sp³-hybridized carbons (Fsp3) is 0.615. The summed E-state index contributed by atoms with van der Waals surface area (Å²) in [6.07, 6.45) is 6.00. The molecule has 0 spiro atoms. The second kappa shape index (κ2) is 15.2. The van der Waals surface area contributed by atoms with E-state index >= 15 is 0 Å². The third kappa shape index (κ3) is 8.68. The predicted octanol–water partition coefficient (Wildman–Crippen LogP) is 4.32. The van der Waals surface area contributed by atoms with E-state index < -0.39 is 80.5 Å². The molecule has 3 heterocycles. The molecule has 4 aliphatic rings. The number of aromatic nitrogens is 1. The highest BCUT2D eigenvalue weighted by molar-refractivity contribution is 7.91. The van der Waals surface area contributed by atoms with Crippen molar-refractivity contribution in [3.05, 3.63) is 42.6 Å². The first-order chi connectivity index (χ1) is 25.9. The minimum atomic E-state index is -4.38. The number of fused-ring (bicyclic) bond motifs is 3. The maximum absolute atomic E-state index is 14.7. The third-order valence-electron chi connectivity index (χ3n) is 11.1. The van der Waals surface area contributed by atoms with E-state index in [0.717, 1.165) is 11.8 Å². The van der Waals surface area contributed by atoms with Gasteiger partial charge in [-0.25, -0.2) is 17.6 Å². The zero-order valence-corrected chi connectivity index (χ0v) is 33.0. The van der Waals surface area contributed by atoms with Gasteiger partial charge in [0, 0.05) is 17.7 Å². The highest BCUT2D eigenvalue weighted by Gasteiger charge is 2.64. The molecule has 0 radical (unpaired) electrons. The molecule has 1 aromatic heterocycles. The maximum atomic E-state index is 14.7. The Hall–Kier alpha value is -4.47. The molecule has 14 nitrogen and oxygen atoms in total. The van der Waals surface area contributed by atoms with Gasteiger partial charge in [-0.05, 0) is 95.4 Å². The molecule has 1 saturated heterocycles. The van der Waals surface area contributed by atoms with Crippen LogP contribution in [0, 0.1) is 17.8 Å². The number of nitrogens with one attached hydrogen (secondary N) is 3. The van der Waals surface area contributed by atoms with E-state index in [0.29, 0.717) is 29.9 Å². The lowest BCUT2D eigenvalue weighted by molar-refractivity contribution is -0.142. The summed E-state index contributed by atoms with van der Waals surface area (Å²) < 4.78 is 57.8. The number of allylic oxidation sites excluding steroid dienone is 1. The van der Waals surface area contributed by atoms with Crippen molar-refractivity contribution in [3.63, 3.8) is 0 Å². The molecule has 1 aromatic carbocycles. The first-order valence-electron chi connectivity index (χ1n) is 18.9. The fourth-order valence-electron chi connectivity index (χ4n) is 7.66. The SMILES string of the molecule is COc1ccc2ncc(OC3CC4C(=O)NC5(C(=O)NS(=O)(=O)C6(CF)CC6)CC5C=CCCC(C)CC(C)C(NC(=O)OC(C)(C)C)C(=O)N4C3)cc2c1. The number of ether oxygens (including phenoxy) is 3. The summed E-state index contributed by atoms with van der Waals surface area (Å²) in [5.41, 5.74) is -1.77. The van der Waals surface area contributed by atoms with Gasteiger partial charge >= 0.3 is 6.09 Å². The van der Waals surface area contributed by atoms with Crippen LogP contribution in [-0.4, -0.2) is 96.5 Å². The standard InChI is InChI=1S/C39H52FN5O9S/c1-23-9-7-8-10-26-19-39(26,35(48)44-55(50,51)38(22-40)13-14-38)43-33(46)31-18-29(53-28-17-25-16-27(52-6)11-12-30(25)41-20-28)21-45(31)34(47)32(24(2)15-23)42-36(49)54-37(3,4)5/h8,10-12,16-17,20,23-24,26,29,31-32H,7,9,13-15,18-19,21-22H2,1-6H3,(H,42,49)(H,43,46)(H,44,48). The molecule has 3 N–H and O–H groups in total. The molecule has 2 aliphatic heterocycles. The van der Waals surface area contributed by atoms with Crippen molar-refractivity contribution < 1.29 is 46.2 Å². The predicted molar refractivity (Wildman–Crippen MR) is 201 cm³/mol. The van der Waals surface area contributed by atoms with E-state index in [1.807, 2.05) is 31.2 Å². The highest BCUT2D eigenvalue weighted by atomic mass is 32.2. The summed E-state index contributed by atoms with van der Waals surface area (Å²) >= 11 is 0. The minimum Gasteiger partial charge on any atom is -0.497 e. The Bertz CT molecular complexity index is 1970. The van der Waals surface area contributed by atoms with Crippen LogP contribution in [0.2, 0.25) is 0 Å². The van der Waals surface area contributed by atoms with Gasteiger partial charge in [0.1, 0.15) is 52.2 Å². The van der Waals surface area contributed by atoms with Gasteiger partial charge in [0.2, 0.25) is 21.8 Å². The quantitative estimate of drug-likeness (QED) is 0.326. The van der Waals surface area contributed by atoms with E-state index in [1.54, 1.807) is 46.2 Å². The number of pyridine rings is 1. The number of hydrogen-bond acceptors (Lipinski definition) is 10. The van der Waals surface area contributed by atoms with Gasteiger partial charge in [-0.1, -0.05) is 26.0 Å². The molecule has 7 atom stereocenters. The summed E-state index contributed by atoms with van der Waals surface area (Å²) in [5, 5.41) is 6.35. The number of hydrogen-bond donors (Lipinski definition) is 3. The summed E-state index contributed by atoms with van der Waals surface area (Å²) in [6, 6.07) is 4.95. The Kier molecular flexibility index (Phi) is 11.1. The number of methoxy groups -OCH3 is 1. The zero-order valence-electron chi connectivity index (χ0n) is 32.2. The number of benzene rings is 1. The fourth-order valence-corrected chi connectivity index (χ4v) is 9.08. The van der Waals surface area contributed by atoms with Crippen LogP contribution in [0.25, 0.3) is 10.9 Å². The molecule has 0 bridgehead atoms. The smallest absolute Gasteiger partial charge is 0.408 e. The molecule has 16 heteroatoms. The first-order valence-corrected chi connectivity index (χ1v) is 20.4. The topological polar surface area (TPSA) is 182 Å². The van der Waals surface area contributed by atoms with E-state index in [4.69, 9.17) is 14.2 Å². The highest BCUT2D eigenvalue weighted by Crippen LogP contribution is 2.48. The maximum Gasteiger partial charge on any atom is 0.408 e. The van der Waals surface area contributed by atoms with Gasteiger partial charge in [0.25, 0.3) is 5.91 Å². The Balaban J connectivity index is 1.33. The van der Waals surface area contributed by atoms with E-state index in [1.165, 1.54) is 4.90 Å². The molecule has 55 heavy (non-hydrogen) atoms. The minimum absolute atomic E-state index is 0.0130. The summed E-state index contributed by atoms with van der Waals surface area (Å²) in [7, 11) is -2.82. The molecule has 2 saturated carbocycles. The van der Waals surface area contributed by atoms with Crippen molar-refractivity contribution in [1.82, 2.24) is 25.2 Å². The molecule has 6 rings (SSSR count). The molecule has 4 amide bonds. The lowest BCUT2D eigenvalue weighted by atomic mass is 9.88. The molecule has 3 fully saturated rings. The van der Waals surface area contributed by atoms with Crippen LogP contribution in [0.5, 0.6) is 11.5 Å². The molecule has 300 valence electrons. The van der Waals surface area contributed by atoms with Crippen molar-refractivity contribution >= 4 is 44.7 Å². The number of alkyl halides is 1. The monoisotopic (exact) mass is 785 g/mol. The molecule has 2 aromatic rings. The Morgan fingerprint density at radius 1 is 1.11 bits per heavy atom. The van der Waals surface area contributed by atoms with Crippen LogP contribution in [0.3, 0.4) is 0 Å². The van der Waals surface area contributed by atoms with Gasteiger partial charge < -0.3 is 29.7 Å². The van der Waals surface area contributed by atoms with Gasteiger partial charge in [-0.3, -0.25) is 24.1 Å². The number of sulfonamides is 1. The number of carbonyl (C=O) groups excluding carboxylic acids is 4. The van der Waals surface area contributed by atoms with E-state index in [-0.39, 0.29) is 44.1 Å². The Morgan fingerprint density at radius 3 is 2.51 bits per heavy atom. The molecule has 7 unspecified atom stereocenters. The zero-order chi connectivity index (χ0) is 39.9. The van der Waals surface area contributed by atoms with Crippen molar-refractivity contribution in [3.8, 4) is 11.5 Å². The van der Waals surface area contributed by atoms with Gasteiger partial charge in [0.15, 0.2) is 0 Å². The molecule has 2 aliphatic carbocycles. The Morgan fingerprint density at radius 2 is 1.84 bits per heavy atom.